The van der Waals surface area contributed by atoms with Gasteiger partial charge in [0, 0.05) is 0 Å². The van der Waals surface area contributed by atoms with E-state index in [1.807, 2.05) is 24.3 Å². The molecule has 0 fully saturated rings. The Balaban J connectivity index is 2.04. The van der Waals surface area contributed by atoms with Gasteiger partial charge < -0.3 is 13.9 Å². The van der Waals surface area contributed by atoms with Crippen molar-refractivity contribution in [3.8, 4) is 11.5 Å². The fourth-order valence-electron chi connectivity index (χ4n) is 1.69. The quantitative estimate of drug-likeness (QED) is 0.775. The van der Waals surface area contributed by atoms with Gasteiger partial charge in [0.25, 0.3) is 0 Å². The maximum atomic E-state index is 6.19. The average molecular weight is 292 g/mol. The summed E-state index contributed by atoms with van der Waals surface area (Å²) in [7, 11) is -1.79. The monoisotopic (exact) mass is 292 g/mol. The van der Waals surface area contributed by atoms with E-state index in [4.69, 9.17) is 13.9 Å². The molecule has 1 atom stereocenters. The second kappa shape index (κ2) is 5.26. The normalized spacial score (nSPS) is 19.1. The predicted octanol–water partition coefficient (Wildman–Crippen LogP) is 4.36. The summed E-state index contributed by atoms with van der Waals surface area (Å²) in [5, 5.41) is 0.182. The smallest absolute Gasteiger partial charge is 0.192 e. The van der Waals surface area contributed by atoms with Crippen LogP contribution in [0.5, 0.6) is 11.5 Å². The maximum Gasteiger partial charge on any atom is 0.192 e. The van der Waals surface area contributed by atoms with Crippen LogP contribution in [-0.2, 0) is 4.43 Å². The number of hydrogen-bond donors (Lipinski definition) is 0. The molecule has 2 rings (SSSR count). The zero-order chi connectivity index (χ0) is 15.0. The van der Waals surface area contributed by atoms with Gasteiger partial charge in [-0.15, -0.1) is 0 Å². The Bertz CT molecular complexity index is 503. The lowest BCUT2D eigenvalue weighted by molar-refractivity contribution is 0.0926. The third-order valence-corrected chi connectivity index (χ3v) is 8.62. The Morgan fingerprint density at radius 3 is 2.40 bits per heavy atom. The molecule has 3 nitrogen and oxygen atoms in total. The van der Waals surface area contributed by atoms with E-state index in [0.29, 0.717) is 12.4 Å². The van der Waals surface area contributed by atoms with Crippen molar-refractivity contribution in [2.24, 2.45) is 0 Å². The van der Waals surface area contributed by atoms with Crippen molar-refractivity contribution in [3.63, 3.8) is 0 Å². The van der Waals surface area contributed by atoms with Crippen molar-refractivity contribution in [1.82, 2.24) is 0 Å². The van der Waals surface area contributed by atoms with Crippen LogP contribution in [-0.4, -0.2) is 21.0 Å². The molecule has 0 bridgehead atoms. The molecule has 1 aromatic rings. The number of benzene rings is 1. The Labute approximate surface area is 122 Å². The van der Waals surface area contributed by atoms with Crippen LogP contribution in [0.25, 0.3) is 0 Å². The number of para-hydroxylation sites is 2. The topological polar surface area (TPSA) is 27.7 Å². The van der Waals surface area contributed by atoms with Crippen molar-refractivity contribution >= 4 is 8.32 Å². The number of hydrogen-bond acceptors (Lipinski definition) is 3. The van der Waals surface area contributed by atoms with Crippen molar-refractivity contribution in [2.45, 2.75) is 45.0 Å². The summed E-state index contributed by atoms with van der Waals surface area (Å²) >= 11 is 0. The highest BCUT2D eigenvalue weighted by Crippen LogP contribution is 2.38. The summed E-state index contributed by atoms with van der Waals surface area (Å²) in [6.07, 6.45) is -0.237. The summed E-state index contributed by atoms with van der Waals surface area (Å²) in [5.74, 6) is 2.09. The fourth-order valence-corrected chi connectivity index (χ4v) is 2.69. The van der Waals surface area contributed by atoms with Crippen LogP contribution in [0.3, 0.4) is 0 Å². The number of rotatable bonds is 3. The second-order valence-electron chi connectivity index (χ2n) is 6.69. The first kappa shape index (κ1) is 15.1. The number of fused-ring (bicyclic) bond motifs is 1. The molecule has 1 aliphatic heterocycles. The van der Waals surface area contributed by atoms with E-state index in [0.717, 1.165) is 11.5 Å². The van der Waals surface area contributed by atoms with E-state index >= 15 is 0 Å². The van der Waals surface area contributed by atoms with Crippen LogP contribution in [0.2, 0.25) is 18.1 Å². The van der Waals surface area contributed by atoms with Crippen molar-refractivity contribution in [1.29, 1.82) is 0 Å². The zero-order valence-corrected chi connectivity index (χ0v) is 14.0. The van der Waals surface area contributed by atoms with Crippen molar-refractivity contribution in [2.75, 3.05) is 6.61 Å². The first-order chi connectivity index (χ1) is 9.21. The molecular formula is C16H24O3Si. The van der Waals surface area contributed by atoms with Crippen LogP contribution < -0.4 is 9.47 Å². The van der Waals surface area contributed by atoms with Crippen LogP contribution in [0, 0.1) is 0 Å². The number of ether oxygens (including phenoxy) is 2. The van der Waals surface area contributed by atoms with Gasteiger partial charge in [-0.3, -0.25) is 0 Å². The lowest BCUT2D eigenvalue weighted by atomic mass is 10.2. The molecule has 0 saturated carbocycles. The molecule has 110 valence electrons. The molecule has 1 heterocycles. The molecule has 0 aliphatic carbocycles. The minimum absolute atomic E-state index is 0.182. The lowest BCUT2D eigenvalue weighted by Crippen LogP contribution is -2.44. The second-order valence-corrected chi connectivity index (χ2v) is 11.5. The SMILES string of the molecule is C=C1Oc2ccccc2OC1CO[Si](C)(C)C(C)(C)C. The van der Waals surface area contributed by atoms with E-state index < -0.39 is 8.32 Å². The highest BCUT2D eigenvalue weighted by Gasteiger charge is 2.38. The average Bonchev–Trinajstić information content (AvgIpc) is 2.35. The molecule has 0 spiro atoms. The molecule has 4 heteroatoms. The third kappa shape index (κ3) is 3.07. The summed E-state index contributed by atoms with van der Waals surface area (Å²) in [6, 6.07) is 7.64. The standard InChI is InChI=1S/C16H24O3Si/c1-12-15(11-17-20(5,6)16(2,3)4)19-14-10-8-7-9-13(14)18-12/h7-10,15H,1,11H2,2-6H3. The van der Waals surface area contributed by atoms with Gasteiger partial charge in [0.05, 0.1) is 6.61 Å². The summed E-state index contributed by atoms with van der Waals surface area (Å²) in [6.45, 7) is 15.6. The van der Waals surface area contributed by atoms with Gasteiger partial charge in [-0.05, 0) is 30.3 Å². The maximum absolute atomic E-state index is 6.19. The Morgan fingerprint density at radius 1 is 1.20 bits per heavy atom. The van der Waals surface area contributed by atoms with Crippen molar-refractivity contribution in [3.05, 3.63) is 36.6 Å². The molecule has 0 saturated heterocycles. The van der Waals surface area contributed by atoms with E-state index in [-0.39, 0.29) is 11.1 Å². The molecule has 0 aromatic heterocycles. The van der Waals surface area contributed by atoms with Gasteiger partial charge in [-0.25, -0.2) is 0 Å². The molecule has 0 radical (unpaired) electrons. The summed E-state index contributed by atoms with van der Waals surface area (Å²) in [4.78, 5) is 0. The van der Waals surface area contributed by atoms with Gasteiger partial charge >= 0.3 is 0 Å². The van der Waals surface area contributed by atoms with Gasteiger partial charge in [-0.2, -0.15) is 0 Å². The first-order valence-corrected chi connectivity index (χ1v) is 9.88. The minimum atomic E-state index is -1.79. The molecule has 20 heavy (non-hydrogen) atoms. The van der Waals surface area contributed by atoms with Crippen LogP contribution in [0.1, 0.15) is 20.8 Å². The van der Waals surface area contributed by atoms with Gasteiger partial charge in [0.2, 0.25) is 0 Å². The van der Waals surface area contributed by atoms with E-state index in [2.05, 4.69) is 40.4 Å². The summed E-state index contributed by atoms with van der Waals surface area (Å²) in [5.41, 5.74) is 0. The predicted molar refractivity (Wildman–Crippen MR) is 83.8 cm³/mol. The van der Waals surface area contributed by atoms with Gasteiger partial charge in [0.1, 0.15) is 5.76 Å². The minimum Gasteiger partial charge on any atom is -0.476 e. The molecule has 1 aliphatic rings. The summed E-state index contributed by atoms with van der Waals surface area (Å²) < 4.78 is 17.8. The Hall–Kier alpha value is -1.26. The Morgan fingerprint density at radius 2 is 1.80 bits per heavy atom. The molecular weight excluding hydrogens is 268 g/mol. The Kier molecular flexibility index (Phi) is 3.98. The van der Waals surface area contributed by atoms with Crippen LogP contribution in [0.4, 0.5) is 0 Å². The lowest BCUT2D eigenvalue weighted by Gasteiger charge is -2.38. The third-order valence-electron chi connectivity index (χ3n) is 4.12. The van der Waals surface area contributed by atoms with E-state index in [9.17, 15) is 0 Å². The van der Waals surface area contributed by atoms with Crippen LogP contribution in [0.15, 0.2) is 36.6 Å². The highest BCUT2D eigenvalue weighted by molar-refractivity contribution is 6.74. The molecule has 1 aromatic carbocycles. The largest absolute Gasteiger partial charge is 0.476 e. The van der Waals surface area contributed by atoms with Crippen molar-refractivity contribution < 1.29 is 13.9 Å². The van der Waals surface area contributed by atoms with Gasteiger partial charge in [-0.1, -0.05) is 39.5 Å². The molecule has 1 unspecified atom stereocenters. The van der Waals surface area contributed by atoms with Gasteiger partial charge in [0.15, 0.2) is 25.9 Å². The van der Waals surface area contributed by atoms with E-state index in [1.54, 1.807) is 0 Å². The zero-order valence-electron chi connectivity index (χ0n) is 13.0. The fraction of sp³-hybridized carbons (Fsp3) is 0.500. The first-order valence-electron chi connectivity index (χ1n) is 6.97. The molecule has 0 amide bonds. The van der Waals surface area contributed by atoms with Crippen LogP contribution >= 0.6 is 0 Å². The van der Waals surface area contributed by atoms with E-state index in [1.165, 1.54) is 0 Å². The molecule has 0 N–H and O–H groups in total. The highest BCUT2D eigenvalue weighted by atomic mass is 28.4.